The van der Waals surface area contributed by atoms with Gasteiger partial charge >= 0.3 is 0 Å². The molecule has 5 rings (SSSR count). The van der Waals surface area contributed by atoms with E-state index >= 15 is 0 Å². The predicted molar refractivity (Wildman–Crippen MR) is 92.6 cm³/mol. The van der Waals surface area contributed by atoms with Crippen molar-refractivity contribution in [2.24, 2.45) is 5.92 Å². The van der Waals surface area contributed by atoms with Crippen LogP contribution in [0.2, 0.25) is 0 Å². The van der Waals surface area contributed by atoms with E-state index in [-0.39, 0.29) is 13.6 Å². The lowest BCUT2D eigenvalue weighted by atomic mass is 9.79. The van der Waals surface area contributed by atoms with Crippen LogP contribution in [-0.4, -0.2) is 29.4 Å². The highest BCUT2D eigenvalue weighted by molar-refractivity contribution is 5.48. The highest BCUT2D eigenvalue weighted by Crippen LogP contribution is 2.55. The molecule has 0 bridgehead atoms. The Morgan fingerprint density at radius 2 is 1.44 bits per heavy atom. The van der Waals surface area contributed by atoms with Gasteiger partial charge in [0.1, 0.15) is 5.60 Å². The fraction of sp³-hybridized carbons (Fsp3) is 0.400. The van der Waals surface area contributed by atoms with E-state index in [1.807, 2.05) is 19.1 Å². The Bertz CT molecular complexity index is 909. The number of ether oxygens (including phenoxy) is 5. The van der Waals surface area contributed by atoms with Crippen molar-refractivity contribution in [3.05, 3.63) is 47.5 Å². The molecular weight excluding hydrogens is 352 g/mol. The zero-order valence-electron chi connectivity index (χ0n) is 15.0. The van der Waals surface area contributed by atoms with Gasteiger partial charge in [0.15, 0.2) is 23.0 Å². The standard InChI is InChI=1S/C20H20O7/c1-11-18(12-3-5-14-16(7-12)25-9-23-14)27-20(22,19(11,2)21)13-4-6-15-17(8-13)26-10-24-15/h3-8,11,18,21-22H,9-10H2,1-2H3. The summed E-state index contributed by atoms with van der Waals surface area (Å²) in [6.45, 7) is 3.73. The third-order valence-electron chi connectivity index (χ3n) is 5.81. The van der Waals surface area contributed by atoms with Crippen molar-refractivity contribution in [1.82, 2.24) is 0 Å². The molecule has 1 saturated heterocycles. The maximum absolute atomic E-state index is 11.4. The summed E-state index contributed by atoms with van der Waals surface area (Å²) < 4.78 is 27.6. The Morgan fingerprint density at radius 3 is 2.15 bits per heavy atom. The normalized spacial score (nSPS) is 33.5. The van der Waals surface area contributed by atoms with E-state index in [4.69, 9.17) is 23.7 Å². The summed E-state index contributed by atoms with van der Waals surface area (Å²) >= 11 is 0. The van der Waals surface area contributed by atoms with Crippen molar-refractivity contribution in [1.29, 1.82) is 0 Å². The quantitative estimate of drug-likeness (QED) is 0.837. The van der Waals surface area contributed by atoms with Crippen LogP contribution in [0.3, 0.4) is 0 Å². The van der Waals surface area contributed by atoms with Gasteiger partial charge in [0.25, 0.3) is 0 Å². The van der Waals surface area contributed by atoms with Crippen LogP contribution in [-0.2, 0) is 10.5 Å². The Balaban J connectivity index is 1.54. The second kappa shape index (κ2) is 5.51. The summed E-state index contributed by atoms with van der Waals surface area (Å²) in [7, 11) is 0. The molecule has 0 aromatic heterocycles. The molecule has 0 amide bonds. The summed E-state index contributed by atoms with van der Waals surface area (Å²) in [5.74, 6) is 0.103. The fourth-order valence-corrected chi connectivity index (χ4v) is 3.92. The van der Waals surface area contributed by atoms with Crippen LogP contribution in [0, 0.1) is 5.92 Å². The van der Waals surface area contributed by atoms with Crippen LogP contribution in [0.25, 0.3) is 0 Å². The summed E-state index contributed by atoms with van der Waals surface area (Å²) in [5.41, 5.74) is -0.336. The Morgan fingerprint density at radius 1 is 0.852 bits per heavy atom. The van der Waals surface area contributed by atoms with E-state index in [9.17, 15) is 10.2 Å². The SMILES string of the molecule is CC1C(c2ccc3c(c2)OCO3)OC(O)(c2ccc3c(c2)OCO3)C1(C)O. The molecule has 142 valence electrons. The van der Waals surface area contributed by atoms with Crippen LogP contribution in [0.1, 0.15) is 31.1 Å². The number of fused-ring (bicyclic) bond motifs is 2. The first-order valence-corrected chi connectivity index (χ1v) is 8.82. The van der Waals surface area contributed by atoms with Crippen LogP contribution >= 0.6 is 0 Å². The molecule has 7 heteroatoms. The Hall–Kier alpha value is -2.48. The molecule has 1 fully saturated rings. The molecule has 2 aromatic carbocycles. The monoisotopic (exact) mass is 372 g/mol. The zero-order valence-corrected chi connectivity index (χ0v) is 15.0. The molecule has 3 heterocycles. The van der Waals surface area contributed by atoms with Crippen molar-refractivity contribution >= 4 is 0 Å². The number of hydrogen-bond donors (Lipinski definition) is 2. The van der Waals surface area contributed by atoms with Crippen LogP contribution in [0.4, 0.5) is 0 Å². The molecule has 0 radical (unpaired) electrons. The van der Waals surface area contributed by atoms with E-state index in [1.165, 1.54) is 0 Å². The molecule has 0 aliphatic carbocycles. The van der Waals surface area contributed by atoms with Gasteiger partial charge in [-0.25, -0.2) is 0 Å². The largest absolute Gasteiger partial charge is 0.454 e. The Kier molecular flexibility index (Phi) is 3.40. The lowest BCUT2D eigenvalue weighted by Crippen LogP contribution is -2.49. The van der Waals surface area contributed by atoms with Crippen molar-refractivity contribution in [2.45, 2.75) is 31.3 Å². The van der Waals surface area contributed by atoms with E-state index in [1.54, 1.807) is 31.2 Å². The van der Waals surface area contributed by atoms with Crippen molar-refractivity contribution in [3.8, 4) is 23.0 Å². The molecule has 2 N–H and O–H groups in total. The molecule has 7 nitrogen and oxygen atoms in total. The molecule has 3 aliphatic rings. The number of rotatable bonds is 2. The lowest BCUT2D eigenvalue weighted by molar-refractivity contribution is -0.270. The zero-order chi connectivity index (χ0) is 18.8. The summed E-state index contributed by atoms with van der Waals surface area (Å²) in [5, 5.41) is 22.6. The van der Waals surface area contributed by atoms with Gasteiger partial charge in [-0.2, -0.15) is 0 Å². The predicted octanol–water partition coefficient (Wildman–Crippen LogP) is 2.45. The second-order valence-electron chi connectivity index (χ2n) is 7.30. The molecular formula is C20H20O7. The van der Waals surface area contributed by atoms with Gasteiger partial charge in [-0.05, 0) is 42.8 Å². The first-order chi connectivity index (χ1) is 12.9. The summed E-state index contributed by atoms with van der Waals surface area (Å²) in [6.07, 6.45) is -0.537. The van der Waals surface area contributed by atoms with Crippen LogP contribution in [0.15, 0.2) is 36.4 Å². The van der Waals surface area contributed by atoms with Gasteiger partial charge in [0, 0.05) is 11.5 Å². The van der Waals surface area contributed by atoms with Gasteiger partial charge in [0.2, 0.25) is 19.4 Å². The molecule has 4 atom stereocenters. The summed E-state index contributed by atoms with van der Waals surface area (Å²) in [4.78, 5) is 0. The van der Waals surface area contributed by atoms with E-state index in [0.29, 0.717) is 28.6 Å². The van der Waals surface area contributed by atoms with E-state index in [2.05, 4.69) is 0 Å². The molecule has 4 unspecified atom stereocenters. The Labute approximate surface area is 156 Å². The van der Waals surface area contributed by atoms with Crippen molar-refractivity contribution in [2.75, 3.05) is 13.6 Å². The average Bonchev–Trinajstić information content (AvgIpc) is 3.35. The third kappa shape index (κ3) is 2.25. The molecule has 3 aliphatic heterocycles. The highest BCUT2D eigenvalue weighted by atomic mass is 16.7. The summed E-state index contributed by atoms with van der Waals surface area (Å²) in [6, 6.07) is 10.5. The fourth-order valence-electron chi connectivity index (χ4n) is 3.92. The number of hydrogen-bond acceptors (Lipinski definition) is 7. The third-order valence-corrected chi connectivity index (χ3v) is 5.81. The first-order valence-electron chi connectivity index (χ1n) is 8.82. The molecule has 0 spiro atoms. The van der Waals surface area contributed by atoms with Crippen LogP contribution in [0.5, 0.6) is 23.0 Å². The van der Waals surface area contributed by atoms with E-state index in [0.717, 1.165) is 5.56 Å². The van der Waals surface area contributed by atoms with Gasteiger partial charge in [-0.1, -0.05) is 13.0 Å². The van der Waals surface area contributed by atoms with Crippen molar-refractivity contribution < 1.29 is 33.9 Å². The number of benzene rings is 2. The van der Waals surface area contributed by atoms with Gasteiger partial charge < -0.3 is 33.9 Å². The van der Waals surface area contributed by atoms with Crippen molar-refractivity contribution in [3.63, 3.8) is 0 Å². The minimum absolute atomic E-state index is 0.130. The van der Waals surface area contributed by atoms with Gasteiger partial charge in [-0.15, -0.1) is 0 Å². The average molecular weight is 372 g/mol. The molecule has 2 aromatic rings. The number of aliphatic hydroxyl groups is 2. The maximum Gasteiger partial charge on any atom is 0.231 e. The lowest BCUT2D eigenvalue weighted by Gasteiger charge is -2.35. The smallest absolute Gasteiger partial charge is 0.231 e. The topological polar surface area (TPSA) is 86.6 Å². The van der Waals surface area contributed by atoms with Gasteiger partial charge in [0.05, 0.1) is 6.10 Å². The van der Waals surface area contributed by atoms with Gasteiger partial charge in [-0.3, -0.25) is 0 Å². The first kappa shape index (κ1) is 16.7. The molecule has 0 saturated carbocycles. The minimum atomic E-state index is -1.91. The maximum atomic E-state index is 11.4. The molecule has 27 heavy (non-hydrogen) atoms. The second-order valence-corrected chi connectivity index (χ2v) is 7.30. The van der Waals surface area contributed by atoms with Crippen LogP contribution < -0.4 is 18.9 Å². The minimum Gasteiger partial charge on any atom is -0.454 e. The van der Waals surface area contributed by atoms with E-state index < -0.39 is 23.4 Å². The highest BCUT2D eigenvalue weighted by Gasteiger charge is 2.61.